The van der Waals surface area contributed by atoms with Gasteiger partial charge in [-0.15, -0.1) is 0 Å². The van der Waals surface area contributed by atoms with Gasteiger partial charge in [0.05, 0.1) is 28.3 Å². The average Bonchev–Trinajstić information content (AvgIpc) is 3.85. The molecule has 0 atom stereocenters. The van der Waals surface area contributed by atoms with Gasteiger partial charge in [-0.25, -0.2) is 4.98 Å². The zero-order valence-electron chi connectivity index (χ0n) is 29.8. The van der Waals surface area contributed by atoms with Crippen molar-refractivity contribution in [3.05, 3.63) is 90.5 Å². The first-order valence-corrected chi connectivity index (χ1v) is 16.9. The van der Waals surface area contributed by atoms with Crippen molar-refractivity contribution in [2.45, 2.75) is 40.0 Å². The van der Waals surface area contributed by atoms with Gasteiger partial charge < -0.3 is 34.8 Å². The standard InChI is InChI=1S/C40H33N9O3.Zn/c1-39(2,3)21-14-16-25-28(18-21)35-44-33(25)42-31-23-10-6-7-11-24(23)32(41-31)43-34-26-17-15-22(52-20-40(4,5)38(50)51)19-29(26)37(45-34)48-49-30-13-9-8-12-27(30)36(46-35)47-49;/h6-19H,20H2,1-5H3,(H2,41,42,43,44,45,46,47,48,50,51);/q;+2/p-1. The summed E-state index contributed by atoms with van der Waals surface area (Å²) in [5.41, 5.74) is 4.84. The van der Waals surface area contributed by atoms with Crippen molar-refractivity contribution in [1.82, 2.24) is 40.1 Å². The number of carbonyl (C=O) groups is 1. The summed E-state index contributed by atoms with van der Waals surface area (Å²) in [6.07, 6.45) is 0. The van der Waals surface area contributed by atoms with Gasteiger partial charge in [0.1, 0.15) is 12.4 Å². The third-order valence-corrected chi connectivity index (χ3v) is 9.44. The maximum atomic E-state index is 11.8. The second kappa shape index (κ2) is 12.3. The van der Waals surface area contributed by atoms with Gasteiger partial charge in [-0.2, -0.15) is 0 Å². The van der Waals surface area contributed by atoms with Crippen molar-refractivity contribution < 1.29 is 38.9 Å². The van der Waals surface area contributed by atoms with E-state index in [1.165, 1.54) is 4.80 Å². The normalized spacial score (nSPS) is 12.3. The van der Waals surface area contributed by atoms with Crippen molar-refractivity contribution in [3.8, 4) is 45.6 Å². The molecular formula is C40H32N9O3Zn+. The first kappa shape index (κ1) is 34.2. The van der Waals surface area contributed by atoms with E-state index in [1.807, 2.05) is 54.6 Å². The summed E-state index contributed by atoms with van der Waals surface area (Å²) in [6, 6.07) is 27.3. The van der Waals surface area contributed by atoms with Crippen LogP contribution in [-0.4, -0.2) is 47.8 Å². The van der Waals surface area contributed by atoms with Crippen LogP contribution in [0.15, 0.2) is 84.9 Å². The van der Waals surface area contributed by atoms with Gasteiger partial charge in [-0.05, 0) is 71.3 Å². The van der Waals surface area contributed by atoms with E-state index in [2.05, 4.69) is 39.0 Å². The van der Waals surface area contributed by atoms with Gasteiger partial charge in [0.15, 0.2) is 5.82 Å². The summed E-state index contributed by atoms with van der Waals surface area (Å²) < 4.78 is 5.99. The molecule has 7 aromatic rings. The predicted octanol–water partition coefficient (Wildman–Crippen LogP) is 6.52. The molecule has 0 radical (unpaired) electrons. The van der Waals surface area contributed by atoms with Gasteiger partial charge >= 0.3 is 25.4 Å². The van der Waals surface area contributed by atoms with Gasteiger partial charge in [-0.1, -0.05) is 74.4 Å². The Kier molecular flexibility index (Phi) is 7.96. The minimum Gasteiger partial charge on any atom is -0.492 e. The molecule has 53 heavy (non-hydrogen) atoms. The fraction of sp³-hybridized carbons (Fsp3) is 0.200. The Hall–Kier alpha value is -5.94. The van der Waals surface area contributed by atoms with Crippen LogP contribution in [-0.2, 0) is 29.7 Å². The topological polar surface area (TPSA) is 156 Å². The van der Waals surface area contributed by atoms with Crippen LogP contribution in [0.1, 0.15) is 40.2 Å². The van der Waals surface area contributed by atoms with Crippen LogP contribution in [0.5, 0.6) is 5.75 Å². The second-order valence-corrected chi connectivity index (χ2v) is 14.7. The van der Waals surface area contributed by atoms with Crippen LogP contribution in [0.2, 0.25) is 0 Å². The molecule has 2 aliphatic rings. The van der Waals surface area contributed by atoms with Crippen LogP contribution < -0.4 is 19.5 Å². The molecule has 5 heterocycles. The molecule has 0 spiro atoms. The van der Waals surface area contributed by atoms with E-state index >= 15 is 0 Å². The van der Waals surface area contributed by atoms with Crippen LogP contribution in [0.25, 0.3) is 84.0 Å². The molecule has 1 N–H and O–H groups in total. The zero-order chi connectivity index (χ0) is 35.9. The zero-order valence-corrected chi connectivity index (χ0v) is 32.8. The summed E-state index contributed by atoms with van der Waals surface area (Å²) in [4.78, 5) is 43.2. The molecule has 0 saturated heterocycles. The molecule has 0 amide bonds. The number of carboxylic acids is 1. The van der Waals surface area contributed by atoms with E-state index in [-0.39, 0.29) is 31.5 Å². The molecule has 0 saturated carbocycles. The summed E-state index contributed by atoms with van der Waals surface area (Å²) in [5, 5.41) is 22.5. The van der Waals surface area contributed by atoms with E-state index in [4.69, 9.17) is 44.8 Å². The molecule has 13 heteroatoms. The van der Waals surface area contributed by atoms with Gasteiger partial charge in [0.2, 0.25) is 0 Å². The molecule has 0 fully saturated rings. The molecule has 2 aliphatic heterocycles. The summed E-state index contributed by atoms with van der Waals surface area (Å²) >= 11 is 0. The van der Waals surface area contributed by atoms with Crippen molar-refractivity contribution >= 4 is 50.1 Å². The summed E-state index contributed by atoms with van der Waals surface area (Å²) in [7, 11) is 0. The Bertz CT molecular complexity index is 2820. The first-order valence-electron chi connectivity index (χ1n) is 16.9. The molecule has 8 bridgehead atoms. The second-order valence-electron chi connectivity index (χ2n) is 14.7. The van der Waals surface area contributed by atoms with E-state index in [0.29, 0.717) is 56.6 Å². The molecule has 4 aromatic carbocycles. The Morgan fingerprint density at radius 3 is 1.89 bits per heavy atom. The number of carboxylic acid groups (broad SMARTS) is 1. The minimum atomic E-state index is -1.09. The molecule has 0 unspecified atom stereocenters. The number of benzene rings is 4. The van der Waals surface area contributed by atoms with E-state index < -0.39 is 11.4 Å². The molecule has 0 aliphatic carbocycles. The Balaban J connectivity index is 0.00000400. The van der Waals surface area contributed by atoms with Gasteiger partial charge in [0, 0.05) is 49.4 Å². The monoisotopic (exact) mass is 750 g/mol. The maximum absolute atomic E-state index is 11.8. The third kappa shape index (κ3) is 5.81. The fourth-order valence-electron chi connectivity index (χ4n) is 6.33. The number of nitrogens with zero attached hydrogens (tertiary/aromatic N) is 9. The van der Waals surface area contributed by atoms with Gasteiger partial charge in [0.25, 0.3) is 5.69 Å². The largest absolute Gasteiger partial charge is 2.00 e. The molecular weight excluding hydrogens is 720 g/mol. The van der Waals surface area contributed by atoms with E-state index in [1.54, 1.807) is 26.0 Å². The minimum absolute atomic E-state index is 0. The molecule has 3 aromatic heterocycles. The average molecular weight is 752 g/mol. The number of para-hydroxylation sites is 1. The third-order valence-electron chi connectivity index (χ3n) is 9.44. The number of ether oxygens (including phenoxy) is 1. The van der Waals surface area contributed by atoms with Crippen molar-refractivity contribution in [2.75, 3.05) is 6.61 Å². The number of aromatic nitrogens is 9. The number of hydrogen-bond donors (Lipinski definition) is 1. The van der Waals surface area contributed by atoms with E-state index in [9.17, 15) is 9.90 Å². The maximum Gasteiger partial charge on any atom is 2.00 e. The molecule has 12 nitrogen and oxygen atoms in total. The first-order chi connectivity index (χ1) is 24.9. The van der Waals surface area contributed by atoms with E-state index in [0.717, 1.165) is 38.7 Å². The van der Waals surface area contributed by atoms with Crippen LogP contribution in [0.4, 0.5) is 0 Å². The Morgan fingerprint density at radius 2 is 1.23 bits per heavy atom. The smallest absolute Gasteiger partial charge is 0.492 e. The summed E-state index contributed by atoms with van der Waals surface area (Å²) in [5.74, 6) is 0.908. The molecule has 256 valence electrons. The van der Waals surface area contributed by atoms with Gasteiger partial charge in [-0.3, -0.25) is 4.79 Å². The number of hydrogen-bond acceptors (Lipinski definition) is 8. The van der Waals surface area contributed by atoms with Crippen LogP contribution >= 0.6 is 0 Å². The number of aliphatic carboxylic acids is 1. The number of rotatable bonds is 4. The van der Waals surface area contributed by atoms with Crippen molar-refractivity contribution in [2.24, 2.45) is 5.41 Å². The van der Waals surface area contributed by atoms with Crippen LogP contribution in [0, 0.1) is 5.41 Å². The number of fused-ring (bicyclic) bond motifs is 20. The molecule has 9 rings (SSSR count). The quantitative estimate of drug-likeness (QED) is 0.154. The Labute approximate surface area is 316 Å². The van der Waals surface area contributed by atoms with Crippen LogP contribution in [0.3, 0.4) is 0 Å². The predicted molar refractivity (Wildman–Crippen MR) is 196 cm³/mol. The van der Waals surface area contributed by atoms with Crippen molar-refractivity contribution in [3.63, 3.8) is 0 Å². The summed E-state index contributed by atoms with van der Waals surface area (Å²) in [6.45, 7) is 9.73. The SMILES string of the molecule is CC(C)(COc1ccc2c3nc4nc(nc5[n-]c(nc6n[n+](nc([n-]3)c2c1)-c1ccccc1-6)c1cc(C(C)(C)C)ccc51)-c1ccccc1-4)C(=O)O.[Zn+2]. The fourth-order valence-corrected chi connectivity index (χ4v) is 6.33. The Morgan fingerprint density at radius 1 is 0.660 bits per heavy atom. The van der Waals surface area contributed by atoms with Crippen molar-refractivity contribution in [1.29, 1.82) is 0 Å².